The van der Waals surface area contributed by atoms with Gasteiger partial charge in [0.1, 0.15) is 5.02 Å². The zero-order valence-corrected chi connectivity index (χ0v) is 14.1. The van der Waals surface area contributed by atoms with E-state index in [0.29, 0.717) is 27.5 Å². The highest BCUT2D eigenvalue weighted by molar-refractivity contribution is 7.80. The lowest BCUT2D eigenvalue weighted by Gasteiger charge is -2.11. The summed E-state index contributed by atoms with van der Waals surface area (Å²) >= 11 is 17.2. The average Bonchev–Trinajstić information content (AvgIpc) is 2.71. The monoisotopic (exact) mass is 342 g/mol. The number of nitrogens with zero attached hydrogens (tertiary/aromatic N) is 2. The van der Waals surface area contributed by atoms with Crippen LogP contribution in [-0.2, 0) is 6.54 Å². The first-order chi connectivity index (χ1) is 9.94. The van der Waals surface area contributed by atoms with Crippen LogP contribution in [0, 0.1) is 0 Å². The summed E-state index contributed by atoms with van der Waals surface area (Å²) in [5, 5.41) is 12.2. The molecule has 4 nitrogen and oxygen atoms in total. The first kappa shape index (κ1) is 16.1. The highest BCUT2D eigenvalue weighted by atomic mass is 35.5. The van der Waals surface area contributed by atoms with Crippen LogP contribution in [0.4, 0.5) is 5.82 Å². The molecule has 0 atom stereocenters. The molecule has 2 rings (SSSR count). The van der Waals surface area contributed by atoms with E-state index in [-0.39, 0.29) is 6.04 Å². The molecule has 112 valence electrons. The standard InChI is InChI=1S/C14H16Cl2N4S/c1-9(2)17-14(21)18-13-12(16)8-20(19-13)7-10-3-5-11(15)6-4-10/h3-6,8-9H,7H2,1-2H3,(H2,17,18,19,21). The second-order valence-electron chi connectivity index (χ2n) is 4.90. The number of rotatable bonds is 4. The zero-order chi connectivity index (χ0) is 15.4. The zero-order valence-electron chi connectivity index (χ0n) is 11.7. The van der Waals surface area contributed by atoms with Crippen molar-refractivity contribution in [2.45, 2.75) is 26.4 Å². The van der Waals surface area contributed by atoms with Gasteiger partial charge in [0.25, 0.3) is 0 Å². The first-order valence-corrected chi connectivity index (χ1v) is 7.65. The lowest BCUT2D eigenvalue weighted by Crippen LogP contribution is -2.34. The van der Waals surface area contributed by atoms with Gasteiger partial charge >= 0.3 is 0 Å². The molecule has 0 aliphatic carbocycles. The summed E-state index contributed by atoms with van der Waals surface area (Å²) in [6.45, 7) is 4.63. The fraction of sp³-hybridized carbons (Fsp3) is 0.286. The first-order valence-electron chi connectivity index (χ1n) is 6.49. The Balaban J connectivity index is 2.04. The van der Waals surface area contributed by atoms with Crippen LogP contribution in [0.2, 0.25) is 10.0 Å². The molecule has 0 aliphatic rings. The molecule has 2 N–H and O–H groups in total. The third kappa shape index (κ3) is 4.88. The Kier molecular flexibility index (Phi) is 5.45. The van der Waals surface area contributed by atoms with Gasteiger partial charge in [-0.3, -0.25) is 4.68 Å². The van der Waals surface area contributed by atoms with E-state index in [1.807, 2.05) is 38.1 Å². The molecule has 1 heterocycles. The molecule has 0 saturated carbocycles. The minimum absolute atomic E-state index is 0.250. The molecule has 0 spiro atoms. The van der Waals surface area contributed by atoms with Crippen molar-refractivity contribution in [3.05, 3.63) is 46.1 Å². The molecule has 1 aromatic heterocycles. The molecule has 0 amide bonds. The summed E-state index contributed by atoms with van der Waals surface area (Å²) in [5.41, 5.74) is 1.09. The molecule has 0 saturated heterocycles. The van der Waals surface area contributed by atoms with Gasteiger partial charge in [-0.15, -0.1) is 0 Å². The molecule has 1 aromatic carbocycles. The number of benzene rings is 1. The number of hydrogen-bond acceptors (Lipinski definition) is 2. The van der Waals surface area contributed by atoms with Gasteiger partial charge in [0.2, 0.25) is 0 Å². The van der Waals surface area contributed by atoms with Crippen molar-refractivity contribution in [2.24, 2.45) is 0 Å². The van der Waals surface area contributed by atoms with E-state index in [4.69, 9.17) is 35.4 Å². The molecule has 7 heteroatoms. The van der Waals surface area contributed by atoms with Crippen LogP contribution in [0.25, 0.3) is 0 Å². The van der Waals surface area contributed by atoms with E-state index in [0.717, 1.165) is 5.56 Å². The van der Waals surface area contributed by atoms with E-state index >= 15 is 0 Å². The predicted octanol–water partition coefficient (Wildman–Crippen LogP) is 3.93. The van der Waals surface area contributed by atoms with Crippen molar-refractivity contribution in [1.29, 1.82) is 0 Å². The van der Waals surface area contributed by atoms with Crippen LogP contribution >= 0.6 is 35.4 Å². The van der Waals surface area contributed by atoms with Crippen LogP contribution in [0.5, 0.6) is 0 Å². The highest BCUT2D eigenvalue weighted by Crippen LogP contribution is 2.20. The third-order valence-electron chi connectivity index (χ3n) is 2.63. The number of hydrogen-bond donors (Lipinski definition) is 2. The van der Waals surface area contributed by atoms with Crippen molar-refractivity contribution >= 4 is 46.4 Å². The highest BCUT2D eigenvalue weighted by Gasteiger charge is 2.09. The van der Waals surface area contributed by atoms with E-state index in [1.54, 1.807) is 10.9 Å². The molecule has 0 unspecified atom stereocenters. The molecule has 0 radical (unpaired) electrons. The summed E-state index contributed by atoms with van der Waals surface area (Å²) in [5.74, 6) is 0.545. The second-order valence-corrected chi connectivity index (χ2v) is 6.15. The van der Waals surface area contributed by atoms with Gasteiger partial charge in [-0.1, -0.05) is 35.3 Å². The van der Waals surface area contributed by atoms with E-state index < -0.39 is 0 Å². The molecule has 2 aromatic rings. The molecule has 0 aliphatic heterocycles. The Hall–Kier alpha value is -1.30. The molecular weight excluding hydrogens is 327 g/mol. The number of halogens is 2. The number of anilines is 1. The number of aromatic nitrogens is 2. The van der Waals surface area contributed by atoms with Crippen molar-refractivity contribution in [3.63, 3.8) is 0 Å². The van der Waals surface area contributed by atoms with Crippen molar-refractivity contribution in [1.82, 2.24) is 15.1 Å². The van der Waals surface area contributed by atoms with Gasteiger partial charge < -0.3 is 10.6 Å². The number of nitrogens with one attached hydrogen (secondary N) is 2. The SMILES string of the molecule is CC(C)NC(=S)Nc1nn(Cc2ccc(Cl)cc2)cc1Cl. The Morgan fingerprint density at radius 1 is 1.29 bits per heavy atom. The van der Waals surface area contributed by atoms with Crippen LogP contribution in [0.1, 0.15) is 19.4 Å². The Labute approximate surface area is 139 Å². The maximum atomic E-state index is 6.16. The van der Waals surface area contributed by atoms with Crippen molar-refractivity contribution < 1.29 is 0 Å². The third-order valence-corrected chi connectivity index (χ3v) is 3.38. The summed E-state index contributed by atoms with van der Waals surface area (Å²) in [6, 6.07) is 7.86. The maximum Gasteiger partial charge on any atom is 0.173 e. The summed E-state index contributed by atoms with van der Waals surface area (Å²) in [7, 11) is 0. The minimum Gasteiger partial charge on any atom is -0.360 e. The van der Waals surface area contributed by atoms with Crippen LogP contribution < -0.4 is 10.6 Å². The van der Waals surface area contributed by atoms with Gasteiger partial charge in [-0.05, 0) is 43.8 Å². The summed E-state index contributed by atoms with van der Waals surface area (Å²) in [6.07, 6.45) is 1.76. The molecule has 0 bridgehead atoms. The van der Waals surface area contributed by atoms with Gasteiger partial charge in [-0.2, -0.15) is 5.10 Å². The Morgan fingerprint density at radius 3 is 2.57 bits per heavy atom. The smallest absolute Gasteiger partial charge is 0.173 e. The van der Waals surface area contributed by atoms with E-state index in [9.17, 15) is 0 Å². The average molecular weight is 343 g/mol. The van der Waals surface area contributed by atoms with E-state index in [1.165, 1.54) is 0 Å². The Bertz CT molecular complexity index is 622. The lowest BCUT2D eigenvalue weighted by molar-refractivity contribution is 0.689. The quantitative estimate of drug-likeness (QED) is 0.826. The predicted molar refractivity (Wildman–Crippen MR) is 92.3 cm³/mol. The van der Waals surface area contributed by atoms with Gasteiger partial charge in [0.15, 0.2) is 10.9 Å². The molecule has 21 heavy (non-hydrogen) atoms. The maximum absolute atomic E-state index is 6.16. The second kappa shape index (κ2) is 7.11. The van der Waals surface area contributed by atoms with Crippen molar-refractivity contribution in [2.75, 3.05) is 5.32 Å². The largest absolute Gasteiger partial charge is 0.360 e. The van der Waals surface area contributed by atoms with E-state index in [2.05, 4.69) is 15.7 Å². The topological polar surface area (TPSA) is 41.9 Å². The fourth-order valence-electron chi connectivity index (χ4n) is 1.75. The van der Waals surface area contributed by atoms with Crippen molar-refractivity contribution in [3.8, 4) is 0 Å². The van der Waals surface area contributed by atoms with Gasteiger partial charge in [-0.25, -0.2) is 0 Å². The normalized spacial score (nSPS) is 10.7. The lowest BCUT2D eigenvalue weighted by atomic mass is 10.2. The summed E-state index contributed by atoms with van der Waals surface area (Å²) < 4.78 is 1.76. The number of thiocarbonyl (C=S) groups is 1. The Morgan fingerprint density at radius 2 is 1.95 bits per heavy atom. The molecular formula is C14H16Cl2N4S. The summed E-state index contributed by atoms with van der Waals surface area (Å²) in [4.78, 5) is 0. The minimum atomic E-state index is 0.250. The van der Waals surface area contributed by atoms with Crippen LogP contribution in [0.15, 0.2) is 30.5 Å². The van der Waals surface area contributed by atoms with Crippen LogP contribution in [0.3, 0.4) is 0 Å². The van der Waals surface area contributed by atoms with Gasteiger partial charge in [0.05, 0.1) is 6.54 Å². The van der Waals surface area contributed by atoms with Crippen LogP contribution in [-0.4, -0.2) is 20.9 Å². The molecule has 0 fully saturated rings. The van der Waals surface area contributed by atoms with Gasteiger partial charge in [0, 0.05) is 17.3 Å². The fourth-order valence-corrected chi connectivity index (χ4v) is 2.40.